The number of benzene rings is 2. The normalized spacial score (nSPS) is 12.4. The topological polar surface area (TPSA) is 26.0 Å². The molecule has 88 valence electrons. The Labute approximate surface area is 107 Å². The van der Waals surface area contributed by atoms with E-state index in [0.717, 1.165) is 5.69 Å². The van der Waals surface area contributed by atoms with E-state index in [0.29, 0.717) is 5.25 Å². The SMILES string of the molecule is Cc1ccccc1SC(C)c1cccc(N)c1. The molecule has 0 spiro atoms. The van der Waals surface area contributed by atoms with E-state index in [1.807, 2.05) is 23.9 Å². The molecule has 2 N–H and O–H groups in total. The fraction of sp³-hybridized carbons (Fsp3) is 0.200. The van der Waals surface area contributed by atoms with Crippen LogP contribution in [0.3, 0.4) is 0 Å². The van der Waals surface area contributed by atoms with Crippen molar-refractivity contribution in [1.82, 2.24) is 0 Å². The van der Waals surface area contributed by atoms with Gasteiger partial charge in [-0.1, -0.05) is 30.3 Å². The van der Waals surface area contributed by atoms with Gasteiger partial charge in [0.05, 0.1) is 0 Å². The molecule has 0 saturated carbocycles. The fourth-order valence-corrected chi connectivity index (χ4v) is 2.83. The minimum absolute atomic E-state index is 0.416. The molecule has 17 heavy (non-hydrogen) atoms. The molecule has 1 unspecified atom stereocenters. The van der Waals surface area contributed by atoms with Crippen molar-refractivity contribution in [2.75, 3.05) is 5.73 Å². The van der Waals surface area contributed by atoms with Gasteiger partial charge < -0.3 is 5.73 Å². The van der Waals surface area contributed by atoms with Crippen LogP contribution in [-0.2, 0) is 0 Å². The van der Waals surface area contributed by atoms with E-state index in [4.69, 9.17) is 5.73 Å². The van der Waals surface area contributed by atoms with Crippen molar-refractivity contribution in [3.8, 4) is 0 Å². The van der Waals surface area contributed by atoms with Crippen LogP contribution in [0.1, 0.15) is 23.3 Å². The van der Waals surface area contributed by atoms with Crippen LogP contribution in [0.4, 0.5) is 5.69 Å². The third-order valence-corrected chi connectivity index (χ3v) is 4.12. The number of thioether (sulfide) groups is 1. The minimum atomic E-state index is 0.416. The van der Waals surface area contributed by atoms with Gasteiger partial charge in [-0.05, 0) is 43.2 Å². The smallest absolute Gasteiger partial charge is 0.0317 e. The van der Waals surface area contributed by atoms with Gasteiger partial charge >= 0.3 is 0 Å². The lowest BCUT2D eigenvalue weighted by Gasteiger charge is -2.13. The summed E-state index contributed by atoms with van der Waals surface area (Å²) in [5.74, 6) is 0. The summed E-state index contributed by atoms with van der Waals surface area (Å²) in [5, 5.41) is 0.416. The number of anilines is 1. The third-order valence-electron chi connectivity index (χ3n) is 2.78. The molecule has 2 rings (SSSR count). The molecule has 0 aliphatic rings. The van der Waals surface area contributed by atoms with E-state index in [9.17, 15) is 0 Å². The lowest BCUT2D eigenvalue weighted by Crippen LogP contribution is -1.92. The van der Waals surface area contributed by atoms with Gasteiger partial charge in [0.2, 0.25) is 0 Å². The van der Waals surface area contributed by atoms with Gasteiger partial charge in [-0.3, -0.25) is 0 Å². The molecule has 0 heterocycles. The minimum Gasteiger partial charge on any atom is -0.399 e. The van der Waals surface area contributed by atoms with Crippen LogP contribution in [0.25, 0.3) is 0 Å². The highest BCUT2D eigenvalue weighted by atomic mass is 32.2. The molecule has 2 aromatic rings. The van der Waals surface area contributed by atoms with Crippen LogP contribution in [0.15, 0.2) is 53.4 Å². The van der Waals surface area contributed by atoms with Crippen LogP contribution < -0.4 is 5.73 Å². The van der Waals surface area contributed by atoms with Gasteiger partial charge in [0.15, 0.2) is 0 Å². The van der Waals surface area contributed by atoms with Crippen LogP contribution >= 0.6 is 11.8 Å². The summed E-state index contributed by atoms with van der Waals surface area (Å²) in [5.41, 5.74) is 9.25. The standard InChI is InChI=1S/C15H17NS/c1-11-6-3-4-9-15(11)17-12(2)13-7-5-8-14(16)10-13/h3-10,12H,16H2,1-2H3. The van der Waals surface area contributed by atoms with Gasteiger partial charge in [0.25, 0.3) is 0 Å². The molecule has 0 saturated heterocycles. The van der Waals surface area contributed by atoms with E-state index in [1.54, 1.807) is 0 Å². The number of rotatable bonds is 3. The Morgan fingerprint density at radius 1 is 1.06 bits per heavy atom. The first-order chi connectivity index (χ1) is 8.16. The first-order valence-electron chi connectivity index (χ1n) is 5.74. The number of hydrogen-bond acceptors (Lipinski definition) is 2. The van der Waals surface area contributed by atoms with Gasteiger partial charge in [0.1, 0.15) is 0 Å². The second-order valence-electron chi connectivity index (χ2n) is 4.20. The Morgan fingerprint density at radius 2 is 1.82 bits per heavy atom. The predicted octanol–water partition coefficient (Wildman–Crippen LogP) is 4.43. The first kappa shape index (κ1) is 12.1. The van der Waals surface area contributed by atoms with Crippen molar-refractivity contribution in [2.24, 2.45) is 0 Å². The summed E-state index contributed by atoms with van der Waals surface area (Å²) < 4.78 is 0. The van der Waals surface area contributed by atoms with Gasteiger partial charge in [-0.15, -0.1) is 11.8 Å². The Hall–Kier alpha value is -1.41. The van der Waals surface area contributed by atoms with Crippen LogP contribution in [-0.4, -0.2) is 0 Å². The maximum atomic E-state index is 5.81. The number of aryl methyl sites for hydroxylation is 1. The van der Waals surface area contributed by atoms with Crippen LogP contribution in [0.2, 0.25) is 0 Å². The predicted molar refractivity (Wildman–Crippen MR) is 76.3 cm³/mol. The highest BCUT2D eigenvalue weighted by Gasteiger charge is 2.08. The average molecular weight is 243 g/mol. The average Bonchev–Trinajstić information content (AvgIpc) is 2.32. The monoisotopic (exact) mass is 243 g/mol. The summed E-state index contributed by atoms with van der Waals surface area (Å²) >= 11 is 1.88. The molecule has 1 nitrogen and oxygen atoms in total. The molecule has 2 aromatic carbocycles. The molecule has 0 fully saturated rings. The van der Waals surface area contributed by atoms with Crippen molar-refractivity contribution < 1.29 is 0 Å². The molecule has 0 radical (unpaired) electrons. The van der Waals surface area contributed by atoms with Crippen molar-refractivity contribution in [2.45, 2.75) is 24.0 Å². The van der Waals surface area contributed by atoms with E-state index < -0.39 is 0 Å². The zero-order valence-electron chi connectivity index (χ0n) is 10.2. The molecular weight excluding hydrogens is 226 g/mol. The Balaban J connectivity index is 2.17. The molecule has 1 atom stereocenters. The molecule has 0 aromatic heterocycles. The molecule has 0 aliphatic heterocycles. The van der Waals surface area contributed by atoms with Crippen molar-refractivity contribution >= 4 is 17.4 Å². The summed E-state index contributed by atoms with van der Waals surface area (Å²) in [6, 6.07) is 16.6. The molecule has 0 aliphatic carbocycles. The Morgan fingerprint density at radius 3 is 2.53 bits per heavy atom. The number of nitrogen functional groups attached to an aromatic ring is 1. The lowest BCUT2D eigenvalue weighted by molar-refractivity contribution is 1.09. The fourth-order valence-electron chi connectivity index (χ4n) is 1.76. The first-order valence-corrected chi connectivity index (χ1v) is 6.62. The largest absolute Gasteiger partial charge is 0.399 e. The number of hydrogen-bond donors (Lipinski definition) is 1. The zero-order valence-corrected chi connectivity index (χ0v) is 11.0. The van der Waals surface area contributed by atoms with Crippen LogP contribution in [0, 0.1) is 6.92 Å². The Bertz CT molecular complexity index is 508. The number of nitrogens with two attached hydrogens (primary N) is 1. The van der Waals surface area contributed by atoms with E-state index in [2.05, 4.69) is 50.2 Å². The second-order valence-corrected chi connectivity index (χ2v) is 5.58. The van der Waals surface area contributed by atoms with E-state index >= 15 is 0 Å². The van der Waals surface area contributed by atoms with Crippen molar-refractivity contribution in [3.05, 3.63) is 59.7 Å². The second kappa shape index (κ2) is 5.28. The molecule has 0 amide bonds. The highest BCUT2D eigenvalue weighted by molar-refractivity contribution is 7.99. The molecular formula is C15H17NS. The quantitative estimate of drug-likeness (QED) is 0.637. The van der Waals surface area contributed by atoms with E-state index in [-0.39, 0.29) is 0 Å². The summed E-state index contributed by atoms with van der Waals surface area (Å²) in [6.45, 7) is 4.36. The molecule has 2 heteroatoms. The summed E-state index contributed by atoms with van der Waals surface area (Å²) in [7, 11) is 0. The van der Waals surface area contributed by atoms with Crippen molar-refractivity contribution in [1.29, 1.82) is 0 Å². The zero-order chi connectivity index (χ0) is 12.3. The van der Waals surface area contributed by atoms with Gasteiger partial charge in [0, 0.05) is 15.8 Å². The van der Waals surface area contributed by atoms with Gasteiger partial charge in [-0.25, -0.2) is 0 Å². The van der Waals surface area contributed by atoms with E-state index in [1.165, 1.54) is 16.0 Å². The Kier molecular flexibility index (Phi) is 3.75. The molecule has 0 bridgehead atoms. The maximum absolute atomic E-state index is 5.81. The highest BCUT2D eigenvalue weighted by Crippen LogP contribution is 2.36. The maximum Gasteiger partial charge on any atom is 0.0317 e. The van der Waals surface area contributed by atoms with Crippen LogP contribution in [0.5, 0.6) is 0 Å². The third kappa shape index (κ3) is 3.04. The van der Waals surface area contributed by atoms with Gasteiger partial charge in [-0.2, -0.15) is 0 Å². The lowest BCUT2D eigenvalue weighted by atomic mass is 10.1. The van der Waals surface area contributed by atoms with Crippen molar-refractivity contribution in [3.63, 3.8) is 0 Å². The summed E-state index contributed by atoms with van der Waals surface area (Å²) in [6.07, 6.45) is 0. The summed E-state index contributed by atoms with van der Waals surface area (Å²) in [4.78, 5) is 1.34.